The smallest absolute Gasteiger partial charge is 0.107 e. The van der Waals surface area contributed by atoms with Gasteiger partial charge in [0.05, 0.1) is 19.3 Å². The number of terminal acetylenes is 1. The Morgan fingerprint density at radius 2 is 2.64 bits per heavy atom. The molecule has 11 heavy (non-hydrogen) atoms. The molecule has 1 rings (SSSR count). The Bertz CT molecular complexity index is 136. The fourth-order valence-corrected chi connectivity index (χ4v) is 0.976. The molecule has 0 spiro atoms. The quantitative estimate of drug-likeness (QED) is 0.445. The minimum absolute atomic E-state index is 0.178. The van der Waals surface area contributed by atoms with Gasteiger partial charge in [0, 0.05) is 13.1 Å². The zero-order valence-electron chi connectivity index (χ0n) is 6.51. The molecule has 1 atom stereocenters. The van der Waals surface area contributed by atoms with E-state index in [0.717, 1.165) is 19.7 Å². The summed E-state index contributed by atoms with van der Waals surface area (Å²) in [5, 5.41) is 3.21. The number of hydrogen-bond donors (Lipinski definition) is 1. The monoisotopic (exact) mass is 155 g/mol. The van der Waals surface area contributed by atoms with Crippen molar-refractivity contribution in [3.05, 3.63) is 0 Å². The second kappa shape index (κ2) is 5.14. The van der Waals surface area contributed by atoms with Gasteiger partial charge in [0.1, 0.15) is 6.61 Å². The van der Waals surface area contributed by atoms with E-state index in [0.29, 0.717) is 13.2 Å². The third-order valence-electron chi connectivity index (χ3n) is 1.49. The minimum Gasteiger partial charge on any atom is -0.373 e. The number of morpholine rings is 1. The van der Waals surface area contributed by atoms with Crippen LogP contribution in [0.15, 0.2) is 0 Å². The summed E-state index contributed by atoms with van der Waals surface area (Å²) in [5.41, 5.74) is 0. The van der Waals surface area contributed by atoms with E-state index in [2.05, 4.69) is 11.2 Å². The highest BCUT2D eigenvalue weighted by Gasteiger charge is 2.12. The molecule has 1 saturated heterocycles. The standard InChI is InChI=1S/C8H13NO2/c1-2-4-10-7-8-6-9-3-5-11-8/h1,8-9H,3-7H2. The van der Waals surface area contributed by atoms with Gasteiger partial charge in [-0.15, -0.1) is 6.42 Å². The molecule has 0 saturated carbocycles. The van der Waals surface area contributed by atoms with E-state index >= 15 is 0 Å². The van der Waals surface area contributed by atoms with Gasteiger partial charge in [-0.25, -0.2) is 0 Å². The molecule has 1 heterocycles. The molecule has 0 aromatic heterocycles. The summed E-state index contributed by atoms with van der Waals surface area (Å²) >= 11 is 0. The summed E-state index contributed by atoms with van der Waals surface area (Å²) in [6.45, 7) is 3.54. The molecule has 1 fully saturated rings. The van der Waals surface area contributed by atoms with Crippen LogP contribution < -0.4 is 5.32 Å². The molecule has 0 aliphatic carbocycles. The highest BCUT2D eigenvalue weighted by molar-refractivity contribution is 4.83. The van der Waals surface area contributed by atoms with Crippen LogP contribution >= 0.6 is 0 Å². The van der Waals surface area contributed by atoms with Crippen molar-refractivity contribution in [1.82, 2.24) is 5.32 Å². The van der Waals surface area contributed by atoms with Crippen molar-refractivity contribution in [1.29, 1.82) is 0 Å². The molecule has 0 bridgehead atoms. The van der Waals surface area contributed by atoms with Crippen LogP contribution in [0, 0.1) is 12.3 Å². The van der Waals surface area contributed by atoms with Crippen LogP contribution in [0.3, 0.4) is 0 Å². The molecule has 1 unspecified atom stereocenters. The van der Waals surface area contributed by atoms with Crippen LogP contribution in [-0.4, -0.2) is 39.0 Å². The Labute approximate surface area is 67.1 Å². The molecule has 3 nitrogen and oxygen atoms in total. The molecular formula is C8H13NO2. The van der Waals surface area contributed by atoms with Crippen molar-refractivity contribution >= 4 is 0 Å². The van der Waals surface area contributed by atoms with Crippen LogP contribution in [-0.2, 0) is 9.47 Å². The first-order chi connectivity index (χ1) is 5.43. The van der Waals surface area contributed by atoms with Crippen LogP contribution in [0.4, 0.5) is 0 Å². The lowest BCUT2D eigenvalue weighted by Gasteiger charge is -2.22. The number of rotatable bonds is 3. The van der Waals surface area contributed by atoms with Crippen molar-refractivity contribution in [2.75, 3.05) is 32.9 Å². The van der Waals surface area contributed by atoms with Crippen LogP contribution in [0.5, 0.6) is 0 Å². The second-order valence-corrected chi connectivity index (χ2v) is 2.42. The van der Waals surface area contributed by atoms with E-state index in [4.69, 9.17) is 15.9 Å². The minimum atomic E-state index is 0.178. The predicted octanol–water partition coefficient (Wildman–Crippen LogP) is -0.375. The van der Waals surface area contributed by atoms with E-state index in [1.807, 2.05) is 0 Å². The SMILES string of the molecule is C#CCOCC1CNCCO1. The maximum Gasteiger partial charge on any atom is 0.107 e. The Hall–Kier alpha value is -0.560. The van der Waals surface area contributed by atoms with Crippen molar-refractivity contribution in [2.45, 2.75) is 6.10 Å². The van der Waals surface area contributed by atoms with Gasteiger partial charge in [-0.2, -0.15) is 0 Å². The van der Waals surface area contributed by atoms with Gasteiger partial charge >= 0.3 is 0 Å². The molecule has 0 radical (unpaired) electrons. The summed E-state index contributed by atoms with van der Waals surface area (Å²) in [5.74, 6) is 2.41. The fourth-order valence-electron chi connectivity index (χ4n) is 0.976. The Morgan fingerprint density at radius 3 is 3.27 bits per heavy atom. The van der Waals surface area contributed by atoms with E-state index in [1.165, 1.54) is 0 Å². The van der Waals surface area contributed by atoms with Crippen molar-refractivity contribution in [3.8, 4) is 12.3 Å². The summed E-state index contributed by atoms with van der Waals surface area (Å²) in [7, 11) is 0. The van der Waals surface area contributed by atoms with E-state index in [-0.39, 0.29) is 6.10 Å². The van der Waals surface area contributed by atoms with Crippen molar-refractivity contribution < 1.29 is 9.47 Å². The van der Waals surface area contributed by atoms with Crippen LogP contribution in [0.1, 0.15) is 0 Å². The largest absolute Gasteiger partial charge is 0.373 e. The van der Waals surface area contributed by atoms with Crippen LogP contribution in [0.25, 0.3) is 0 Å². The zero-order chi connectivity index (χ0) is 7.94. The molecule has 0 aromatic carbocycles. The molecule has 3 heteroatoms. The third-order valence-corrected chi connectivity index (χ3v) is 1.49. The Balaban J connectivity index is 2.01. The highest BCUT2D eigenvalue weighted by Crippen LogP contribution is 1.95. The maximum absolute atomic E-state index is 5.37. The van der Waals surface area contributed by atoms with Gasteiger partial charge in [0.25, 0.3) is 0 Å². The highest BCUT2D eigenvalue weighted by atomic mass is 16.5. The van der Waals surface area contributed by atoms with Gasteiger partial charge in [0.15, 0.2) is 0 Å². The van der Waals surface area contributed by atoms with Gasteiger partial charge in [0.2, 0.25) is 0 Å². The fraction of sp³-hybridized carbons (Fsp3) is 0.750. The molecule has 0 aromatic rings. The number of hydrogen-bond acceptors (Lipinski definition) is 3. The molecule has 1 aliphatic heterocycles. The van der Waals surface area contributed by atoms with Gasteiger partial charge in [-0.1, -0.05) is 5.92 Å². The van der Waals surface area contributed by atoms with E-state index in [9.17, 15) is 0 Å². The van der Waals surface area contributed by atoms with E-state index in [1.54, 1.807) is 0 Å². The van der Waals surface area contributed by atoms with Gasteiger partial charge < -0.3 is 14.8 Å². The lowest BCUT2D eigenvalue weighted by Crippen LogP contribution is -2.41. The lowest BCUT2D eigenvalue weighted by atomic mass is 10.3. The van der Waals surface area contributed by atoms with Crippen molar-refractivity contribution in [3.63, 3.8) is 0 Å². The third kappa shape index (κ3) is 3.38. The molecule has 1 N–H and O–H groups in total. The summed E-state index contributed by atoms with van der Waals surface area (Å²) in [6.07, 6.45) is 5.19. The number of nitrogens with one attached hydrogen (secondary N) is 1. The summed E-state index contributed by atoms with van der Waals surface area (Å²) < 4.78 is 10.5. The molecule has 62 valence electrons. The molecular weight excluding hydrogens is 142 g/mol. The first-order valence-corrected chi connectivity index (χ1v) is 3.77. The van der Waals surface area contributed by atoms with Crippen LogP contribution in [0.2, 0.25) is 0 Å². The van der Waals surface area contributed by atoms with Crippen molar-refractivity contribution in [2.24, 2.45) is 0 Å². The predicted molar refractivity (Wildman–Crippen MR) is 42.3 cm³/mol. The lowest BCUT2D eigenvalue weighted by molar-refractivity contribution is -0.0247. The zero-order valence-corrected chi connectivity index (χ0v) is 6.51. The Morgan fingerprint density at radius 1 is 1.73 bits per heavy atom. The average molecular weight is 155 g/mol. The first-order valence-electron chi connectivity index (χ1n) is 3.77. The Kier molecular flexibility index (Phi) is 3.99. The normalized spacial score (nSPS) is 24.5. The summed E-state index contributed by atoms with van der Waals surface area (Å²) in [4.78, 5) is 0. The van der Waals surface area contributed by atoms with E-state index < -0.39 is 0 Å². The maximum atomic E-state index is 5.37. The number of ether oxygens (including phenoxy) is 2. The molecule has 1 aliphatic rings. The van der Waals surface area contributed by atoms with Gasteiger partial charge in [-0.05, 0) is 0 Å². The van der Waals surface area contributed by atoms with Gasteiger partial charge in [-0.3, -0.25) is 0 Å². The first kappa shape index (κ1) is 8.54. The topological polar surface area (TPSA) is 30.5 Å². The second-order valence-electron chi connectivity index (χ2n) is 2.42. The average Bonchev–Trinajstić information content (AvgIpc) is 2.07. The molecule has 0 amide bonds. The summed E-state index contributed by atoms with van der Waals surface area (Å²) in [6, 6.07) is 0.